The molecule has 2 aliphatic carbocycles. The Hall–Kier alpha value is -9.00. The van der Waals surface area contributed by atoms with Gasteiger partial charge in [0, 0.05) is 22.3 Å². The largest absolute Gasteiger partial charge is 0.416 e. The van der Waals surface area contributed by atoms with Crippen LogP contribution in [0.2, 0.25) is 0 Å². The lowest BCUT2D eigenvalue weighted by Gasteiger charge is -2.37. The lowest BCUT2D eigenvalue weighted by Crippen LogP contribution is -2.31. The van der Waals surface area contributed by atoms with Gasteiger partial charge in [-0.15, -0.1) is 20.4 Å². The average molecular weight is 1340 g/mol. The quantitative estimate of drug-likeness (QED) is 0.113. The van der Waals surface area contributed by atoms with Gasteiger partial charge in [0.2, 0.25) is 23.6 Å². The van der Waals surface area contributed by atoms with Gasteiger partial charge >= 0.3 is 0 Å². The Morgan fingerprint density at radius 3 is 0.584 bits per heavy atom. The summed E-state index contributed by atoms with van der Waals surface area (Å²) in [5, 5.41) is 19.0. The van der Waals surface area contributed by atoms with Gasteiger partial charge in [0.15, 0.2) is 0 Å². The summed E-state index contributed by atoms with van der Waals surface area (Å²) in [6.07, 6.45) is 11.0. The Morgan fingerprint density at radius 1 is 0.198 bits per heavy atom. The number of allylic oxidation sites excluding steroid dienone is 8. The van der Waals surface area contributed by atoms with Crippen molar-refractivity contribution in [3.05, 3.63) is 283 Å². The molecule has 520 valence electrons. The number of benzene rings is 8. The molecular weight excluding hydrogens is 1230 g/mol. The van der Waals surface area contributed by atoms with Crippen molar-refractivity contribution in [2.45, 2.75) is 228 Å². The van der Waals surface area contributed by atoms with E-state index >= 15 is 0 Å². The first-order chi connectivity index (χ1) is 47.0. The molecule has 0 bridgehead atoms. The van der Waals surface area contributed by atoms with Gasteiger partial charge in [0.1, 0.15) is 0 Å². The highest BCUT2D eigenvalue weighted by molar-refractivity contribution is 5.89. The predicted octanol–water partition coefficient (Wildman–Crippen LogP) is 25.6. The van der Waals surface area contributed by atoms with Gasteiger partial charge in [-0.25, -0.2) is 0 Å². The minimum absolute atomic E-state index is 0.0116. The SMILES string of the molecule is CC(C)(C)c1cc(C2=CC=C(c3ccc(C(c4ccc(C5=CC=C(c6cc(C(C)(C)C)cc(C(C)(C)C)c6)C5)cc4)(c4ccc(-c5nnc(-c6cc(C(C)(C)C)cc(C(C)(C)C)c6)o5)cc4)c4ccc(-c5nnc(-c6cc(C(C)(C)C)cc(C(C)(C)C)c6)o5)cc4)cc3)C2)cc(C(C)(C)C)c1. The van der Waals surface area contributed by atoms with Gasteiger partial charge in [-0.2, -0.15) is 0 Å². The molecule has 2 aliphatic rings. The van der Waals surface area contributed by atoms with E-state index in [1.807, 2.05) is 0 Å². The summed E-state index contributed by atoms with van der Waals surface area (Å²) in [6.45, 7) is 54.8. The second kappa shape index (κ2) is 25.8. The van der Waals surface area contributed by atoms with Crippen molar-refractivity contribution in [1.82, 2.24) is 20.4 Å². The Kier molecular flexibility index (Phi) is 18.3. The van der Waals surface area contributed by atoms with Crippen LogP contribution in [0.4, 0.5) is 0 Å². The molecule has 10 aromatic rings. The Bertz CT molecular complexity index is 4440. The molecule has 101 heavy (non-hydrogen) atoms. The number of nitrogens with zero attached hydrogens (tertiary/aromatic N) is 4. The fourth-order valence-electron chi connectivity index (χ4n) is 13.9. The van der Waals surface area contributed by atoms with Gasteiger partial charge in [-0.1, -0.05) is 312 Å². The van der Waals surface area contributed by atoms with Crippen molar-refractivity contribution >= 4 is 22.3 Å². The van der Waals surface area contributed by atoms with Crippen LogP contribution in [0.1, 0.15) is 268 Å². The molecule has 6 nitrogen and oxygen atoms in total. The zero-order valence-electron chi connectivity index (χ0n) is 65.0. The third-order valence-corrected chi connectivity index (χ3v) is 21.0. The fourth-order valence-corrected chi connectivity index (χ4v) is 13.9. The highest BCUT2D eigenvalue weighted by Crippen LogP contribution is 2.49. The van der Waals surface area contributed by atoms with Gasteiger partial charge in [-0.05, 0) is 216 Å². The molecule has 0 saturated heterocycles. The summed E-state index contributed by atoms with van der Waals surface area (Å²) < 4.78 is 13.4. The van der Waals surface area contributed by atoms with Crippen LogP contribution in [0.25, 0.3) is 68.1 Å². The molecule has 0 unspecified atom stereocenters. The van der Waals surface area contributed by atoms with Gasteiger partial charge in [0.05, 0.1) is 5.41 Å². The maximum atomic E-state index is 6.71. The van der Waals surface area contributed by atoms with Crippen LogP contribution in [0.15, 0.2) is 203 Å². The second-order valence-electron chi connectivity index (χ2n) is 37.2. The Labute approximate surface area is 604 Å². The van der Waals surface area contributed by atoms with E-state index in [1.54, 1.807) is 0 Å². The number of hydrogen-bond acceptors (Lipinski definition) is 6. The van der Waals surface area contributed by atoms with E-state index in [1.165, 1.54) is 89.1 Å². The summed E-state index contributed by atoms with van der Waals surface area (Å²) >= 11 is 0. The van der Waals surface area contributed by atoms with Crippen LogP contribution in [-0.2, 0) is 48.7 Å². The molecule has 2 aromatic heterocycles. The standard InChI is InChI=1S/C95H108N4O2/c1-87(2,3)75-47-67(48-76(55-75)88(4,5)6)65-27-25-63(45-65)59-29-37-71(38-30-59)95(72-39-31-60(32-40-72)64-26-28-66(46-64)68-49-77(89(7,8)9)56-78(50-68)90(10,11)12,73-41-33-61(34-42-73)83-96-98-85(100-83)69-51-79(91(13,14)15)57-80(52-69)92(16,17)18)74-43-35-62(36-44-74)84-97-99-86(101-84)70-53-81(93(19,20)21)58-82(54-70)94(22,23)24/h25-44,47-58H,45-46H2,1-24H3. The molecule has 12 rings (SSSR count). The van der Waals surface area contributed by atoms with E-state index in [9.17, 15) is 0 Å². The first-order valence-corrected chi connectivity index (χ1v) is 36.6. The van der Waals surface area contributed by atoms with Crippen LogP contribution >= 0.6 is 0 Å². The molecular formula is C95H108N4O2. The topological polar surface area (TPSA) is 77.8 Å². The van der Waals surface area contributed by atoms with Crippen LogP contribution < -0.4 is 0 Å². The normalized spacial score (nSPS) is 14.5. The minimum atomic E-state index is -0.865. The summed E-state index contributed by atoms with van der Waals surface area (Å²) in [5.74, 6) is 1.92. The zero-order chi connectivity index (χ0) is 73.0. The predicted molar refractivity (Wildman–Crippen MR) is 426 cm³/mol. The average Bonchev–Trinajstić information content (AvgIpc) is 1.15. The summed E-state index contributed by atoms with van der Waals surface area (Å²) in [7, 11) is 0. The molecule has 2 heterocycles. The maximum absolute atomic E-state index is 6.71. The van der Waals surface area contributed by atoms with Crippen molar-refractivity contribution < 1.29 is 8.83 Å². The van der Waals surface area contributed by atoms with Crippen molar-refractivity contribution in [2.24, 2.45) is 0 Å². The molecule has 0 spiro atoms. The van der Waals surface area contributed by atoms with Crippen molar-refractivity contribution in [3.63, 3.8) is 0 Å². The monoisotopic (exact) mass is 1340 g/mol. The summed E-state index contributed by atoms with van der Waals surface area (Å²) in [6, 6.07) is 64.4. The fraction of sp³-hybridized carbons (Fsp3) is 0.368. The molecule has 8 aromatic carbocycles. The first-order valence-electron chi connectivity index (χ1n) is 36.6. The maximum Gasteiger partial charge on any atom is 0.248 e. The summed E-state index contributed by atoms with van der Waals surface area (Å²) in [4.78, 5) is 0. The van der Waals surface area contributed by atoms with E-state index in [-0.39, 0.29) is 43.3 Å². The first kappa shape index (κ1) is 71.8. The number of hydrogen-bond donors (Lipinski definition) is 0. The van der Waals surface area contributed by atoms with Crippen molar-refractivity contribution in [2.75, 3.05) is 0 Å². The lowest BCUT2D eigenvalue weighted by atomic mass is 9.64. The van der Waals surface area contributed by atoms with Crippen molar-refractivity contribution in [1.29, 1.82) is 0 Å². The second-order valence-corrected chi connectivity index (χ2v) is 37.2. The third kappa shape index (κ3) is 15.0. The minimum Gasteiger partial charge on any atom is -0.416 e. The van der Waals surface area contributed by atoms with E-state index in [0.717, 1.165) is 57.3 Å². The van der Waals surface area contributed by atoms with Gasteiger partial charge < -0.3 is 8.83 Å². The third-order valence-electron chi connectivity index (χ3n) is 21.0. The molecule has 0 radical (unpaired) electrons. The highest BCUT2D eigenvalue weighted by atomic mass is 16.4. The smallest absolute Gasteiger partial charge is 0.248 e. The molecule has 0 aliphatic heterocycles. The highest BCUT2D eigenvalue weighted by Gasteiger charge is 2.40. The Balaban J connectivity index is 0.984. The number of aromatic nitrogens is 4. The van der Waals surface area contributed by atoms with Crippen LogP contribution in [0, 0.1) is 0 Å². The molecule has 6 heteroatoms. The summed E-state index contributed by atoms with van der Waals surface area (Å²) in [5.41, 5.74) is 27.3. The van der Waals surface area contributed by atoms with Crippen LogP contribution in [0.5, 0.6) is 0 Å². The molecule has 0 fully saturated rings. The zero-order valence-corrected chi connectivity index (χ0v) is 65.0. The van der Waals surface area contributed by atoms with E-state index in [0.29, 0.717) is 23.6 Å². The molecule has 0 amide bonds. The van der Waals surface area contributed by atoms with Crippen LogP contribution in [0.3, 0.4) is 0 Å². The van der Waals surface area contributed by atoms with E-state index in [4.69, 9.17) is 29.2 Å². The van der Waals surface area contributed by atoms with E-state index < -0.39 is 5.41 Å². The van der Waals surface area contributed by atoms with Gasteiger partial charge in [-0.3, -0.25) is 0 Å². The molecule has 0 N–H and O–H groups in total. The number of rotatable bonds is 12. The molecule has 0 saturated carbocycles. The van der Waals surface area contributed by atoms with Gasteiger partial charge in [0.25, 0.3) is 0 Å². The molecule has 0 atom stereocenters. The van der Waals surface area contributed by atoms with E-state index in [2.05, 4.69) is 360 Å². The van der Waals surface area contributed by atoms with Crippen LogP contribution in [-0.4, -0.2) is 20.4 Å². The lowest BCUT2D eigenvalue weighted by molar-refractivity contribution is 0.563. The Morgan fingerprint density at radius 2 is 0.376 bits per heavy atom. The van der Waals surface area contributed by atoms with Crippen molar-refractivity contribution in [3.8, 4) is 45.8 Å².